The molecule has 0 amide bonds. The maximum atomic E-state index is 15.8. The highest BCUT2D eigenvalue weighted by molar-refractivity contribution is 6.30. The van der Waals surface area contributed by atoms with Gasteiger partial charge in [-0.15, -0.1) is 0 Å². The number of carbonyl (C=O) groups is 6. The van der Waals surface area contributed by atoms with Gasteiger partial charge in [0.25, 0.3) is 0 Å². The fourth-order valence-electron chi connectivity index (χ4n) is 6.97. The first kappa shape index (κ1) is 49.3. The van der Waals surface area contributed by atoms with Crippen molar-refractivity contribution in [3.05, 3.63) is 90.3 Å². The van der Waals surface area contributed by atoms with Crippen LogP contribution in [0.3, 0.4) is 0 Å². The average molecular weight is 873 g/mol. The maximum absolute atomic E-state index is 15.8. The van der Waals surface area contributed by atoms with Crippen LogP contribution in [0.5, 0.6) is 17.2 Å². The van der Waals surface area contributed by atoms with Gasteiger partial charge in [-0.3, -0.25) is 0 Å². The Kier molecular flexibility index (Phi) is 19.1. The van der Waals surface area contributed by atoms with E-state index in [9.17, 15) is 28.8 Å². The van der Waals surface area contributed by atoms with Crippen LogP contribution in [-0.4, -0.2) is 68.9 Å². The SMILES string of the molecule is C=C(C)C(=O)Oc1cc(-c2ccc(-c3ccc(C4CCC(CCCCC)CC4)cc3F)cc2)c(OC(=O)C(=C)C)cc1OCC(COC(=O)C(=O)OCC)COC(=O)C(=O)OCC. The van der Waals surface area contributed by atoms with Crippen LogP contribution in [0.1, 0.15) is 97.5 Å². The van der Waals surface area contributed by atoms with Crippen LogP contribution in [0.15, 0.2) is 78.9 Å². The molecule has 1 fully saturated rings. The summed E-state index contributed by atoms with van der Waals surface area (Å²) in [4.78, 5) is 74.1. The van der Waals surface area contributed by atoms with Crippen LogP contribution in [0, 0.1) is 17.7 Å². The van der Waals surface area contributed by atoms with E-state index in [1.165, 1.54) is 65.5 Å². The second-order valence-electron chi connectivity index (χ2n) is 15.5. The molecule has 13 nitrogen and oxygen atoms in total. The lowest BCUT2D eigenvalue weighted by Gasteiger charge is -2.29. The highest BCUT2D eigenvalue weighted by atomic mass is 19.1. The zero-order valence-electron chi connectivity index (χ0n) is 36.7. The Morgan fingerprint density at radius 1 is 0.603 bits per heavy atom. The van der Waals surface area contributed by atoms with E-state index in [-0.39, 0.29) is 53.0 Å². The van der Waals surface area contributed by atoms with Gasteiger partial charge < -0.3 is 33.2 Å². The van der Waals surface area contributed by atoms with Crippen molar-refractivity contribution in [2.24, 2.45) is 11.8 Å². The summed E-state index contributed by atoms with van der Waals surface area (Å²) in [6.45, 7) is 13.7. The number of hydrogen-bond acceptors (Lipinski definition) is 13. The lowest BCUT2D eigenvalue weighted by molar-refractivity contribution is -0.171. The highest BCUT2D eigenvalue weighted by Crippen LogP contribution is 2.43. The van der Waals surface area contributed by atoms with Crippen LogP contribution in [0.2, 0.25) is 0 Å². The van der Waals surface area contributed by atoms with Crippen LogP contribution < -0.4 is 14.2 Å². The molecule has 0 unspecified atom stereocenters. The van der Waals surface area contributed by atoms with Gasteiger partial charge in [0, 0.05) is 28.3 Å². The number of halogens is 1. The molecular formula is C49H57FO13. The first-order valence-electron chi connectivity index (χ1n) is 21.3. The normalized spacial score (nSPS) is 14.5. The third kappa shape index (κ3) is 14.6. The third-order valence-electron chi connectivity index (χ3n) is 10.4. The number of rotatable bonds is 20. The number of ether oxygens (including phenoxy) is 7. The summed E-state index contributed by atoms with van der Waals surface area (Å²) in [5, 5.41) is 0. The average Bonchev–Trinajstić information content (AvgIpc) is 3.26. The van der Waals surface area contributed by atoms with Gasteiger partial charge in [0.05, 0.1) is 25.7 Å². The molecular weight excluding hydrogens is 816 g/mol. The molecule has 0 aliphatic heterocycles. The van der Waals surface area contributed by atoms with Crippen LogP contribution in [0.4, 0.5) is 4.39 Å². The Morgan fingerprint density at radius 2 is 1.13 bits per heavy atom. The van der Waals surface area contributed by atoms with Crippen LogP contribution in [0.25, 0.3) is 22.3 Å². The summed E-state index contributed by atoms with van der Waals surface area (Å²) in [7, 11) is 0. The molecule has 14 heteroatoms. The smallest absolute Gasteiger partial charge is 0.417 e. The fourth-order valence-corrected chi connectivity index (χ4v) is 6.97. The van der Waals surface area contributed by atoms with E-state index in [0.717, 1.165) is 37.2 Å². The summed E-state index contributed by atoms with van der Waals surface area (Å²) in [6.07, 6.45) is 9.44. The first-order chi connectivity index (χ1) is 30.1. The highest BCUT2D eigenvalue weighted by Gasteiger charge is 2.27. The molecule has 1 aliphatic rings. The molecule has 0 heterocycles. The van der Waals surface area contributed by atoms with E-state index >= 15 is 4.39 Å². The van der Waals surface area contributed by atoms with Crippen LogP contribution >= 0.6 is 0 Å². The Morgan fingerprint density at radius 3 is 1.63 bits per heavy atom. The quantitative estimate of drug-likeness (QED) is 0.0264. The number of esters is 6. The second-order valence-corrected chi connectivity index (χ2v) is 15.5. The van der Waals surface area contributed by atoms with Crippen molar-refractivity contribution in [1.82, 2.24) is 0 Å². The van der Waals surface area contributed by atoms with Crippen molar-refractivity contribution in [3.63, 3.8) is 0 Å². The molecule has 338 valence electrons. The Bertz CT molecular complexity index is 2100. The Balaban J connectivity index is 1.65. The number of hydrogen-bond donors (Lipinski definition) is 0. The Labute approximate surface area is 367 Å². The molecule has 0 saturated heterocycles. The zero-order valence-corrected chi connectivity index (χ0v) is 36.7. The van der Waals surface area contributed by atoms with Gasteiger partial charge in [0.2, 0.25) is 0 Å². The van der Waals surface area contributed by atoms with Crippen molar-refractivity contribution >= 4 is 35.8 Å². The summed E-state index contributed by atoms with van der Waals surface area (Å²) >= 11 is 0. The van der Waals surface area contributed by atoms with E-state index in [0.29, 0.717) is 22.6 Å². The van der Waals surface area contributed by atoms with Crippen LogP contribution in [-0.2, 0) is 47.7 Å². The predicted octanol–water partition coefficient (Wildman–Crippen LogP) is 9.18. The lowest BCUT2D eigenvalue weighted by Crippen LogP contribution is -2.30. The molecule has 0 aromatic heterocycles. The van der Waals surface area contributed by atoms with Gasteiger partial charge in [0.15, 0.2) is 11.5 Å². The molecule has 0 radical (unpaired) electrons. The van der Waals surface area contributed by atoms with E-state index in [2.05, 4.69) is 29.6 Å². The van der Waals surface area contributed by atoms with Crippen molar-refractivity contribution in [3.8, 4) is 39.5 Å². The van der Waals surface area contributed by atoms with Crippen molar-refractivity contribution < 1.29 is 66.3 Å². The molecule has 1 aliphatic carbocycles. The lowest BCUT2D eigenvalue weighted by atomic mass is 9.77. The molecule has 3 aromatic rings. The zero-order chi connectivity index (χ0) is 46.1. The monoisotopic (exact) mass is 872 g/mol. The van der Waals surface area contributed by atoms with Crippen molar-refractivity contribution in [1.29, 1.82) is 0 Å². The molecule has 0 spiro atoms. The summed E-state index contributed by atoms with van der Waals surface area (Å²) in [5.41, 5.74) is 2.91. The minimum absolute atomic E-state index is 0.0439. The number of unbranched alkanes of at least 4 members (excludes halogenated alkanes) is 2. The van der Waals surface area contributed by atoms with Gasteiger partial charge >= 0.3 is 35.8 Å². The number of benzene rings is 3. The summed E-state index contributed by atoms with van der Waals surface area (Å²) in [5.74, 6) is -7.42. The first-order valence-corrected chi connectivity index (χ1v) is 21.3. The minimum atomic E-state index is -1.33. The molecule has 0 atom stereocenters. The van der Waals surface area contributed by atoms with Gasteiger partial charge in [-0.25, -0.2) is 33.2 Å². The topological polar surface area (TPSA) is 167 Å². The molecule has 3 aromatic carbocycles. The van der Waals surface area contributed by atoms with Crippen molar-refractivity contribution in [2.75, 3.05) is 33.0 Å². The molecule has 0 N–H and O–H groups in total. The van der Waals surface area contributed by atoms with Gasteiger partial charge in [0.1, 0.15) is 24.8 Å². The molecule has 4 rings (SSSR count). The minimum Gasteiger partial charge on any atom is -0.489 e. The standard InChI is InChI=1S/C49H57FO13/c1-8-11-12-13-32-14-16-34(17-15-32)37-22-23-38(40(50)24-37)35-18-20-36(21-19-35)39-25-43(63-45(52)31(6)7)42(26-41(39)62-44(51)30(4)5)59-27-33(28-60-48(55)46(53)57-9-2)29-61-49(56)47(54)58-10-3/h18-26,32-34H,4,6,8-17,27-29H2,1-3,5,7H3. The molecule has 0 bridgehead atoms. The van der Waals surface area contributed by atoms with E-state index in [1.807, 2.05) is 6.07 Å². The van der Waals surface area contributed by atoms with Gasteiger partial charge in [-0.05, 0) is 94.0 Å². The molecule has 63 heavy (non-hydrogen) atoms. The van der Waals surface area contributed by atoms with E-state index < -0.39 is 61.6 Å². The summed E-state index contributed by atoms with van der Waals surface area (Å²) in [6, 6.07) is 15.0. The van der Waals surface area contributed by atoms with E-state index in [4.69, 9.17) is 23.7 Å². The second kappa shape index (κ2) is 24.4. The van der Waals surface area contributed by atoms with Gasteiger partial charge in [-0.1, -0.05) is 82.2 Å². The summed E-state index contributed by atoms with van der Waals surface area (Å²) < 4.78 is 52.6. The Hall–Kier alpha value is -6.31. The largest absolute Gasteiger partial charge is 0.489 e. The van der Waals surface area contributed by atoms with Crippen molar-refractivity contribution in [2.45, 2.75) is 91.9 Å². The van der Waals surface area contributed by atoms with E-state index in [1.54, 1.807) is 36.4 Å². The molecule has 1 saturated carbocycles. The third-order valence-corrected chi connectivity index (χ3v) is 10.4. The predicted molar refractivity (Wildman–Crippen MR) is 231 cm³/mol. The maximum Gasteiger partial charge on any atom is 0.417 e. The fraction of sp³-hybridized carbons (Fsp3) is 0.429. The van der Waals surface area contributed by atoms with Gasteiger partial charge in [-0.2, -0.15) is 0 Å². The number of carbonyl (C=O) groups excluding carboxylic acids is 6.